The quantitative estimate of drug-likeness (QED) is 0.786. The fourth-order valence-corrected chi connectivity index (χ4v) is 5.14. The van der Waals surface area contributed by atoms with Gasteiger partial charge in [-0.2, -0.15) is 0 Å². The van der Waals surface area contributed by atoms with E-state index in [4.69, 9.17) is 0 Å². The third kappa shape index (κ3) is 2.61. The molecule has 5 unspecified atom stereocenters. The standard InChI is InChI=1S/C17H31N/c1-12(2)16-5-3-4-6-17(16)18-11-15-10-13-7-8-14(15)9-13/h12-18H,3-11H2,1-2H3. The van der Waals surface area contributed by atoms with Crippen LogP contribution in [0.2, 0.25) is 0 Å². The molecule has 0 amide bonds. The van der Waals surface area contributed by atoms with Crippen LogP contribution in [-0.2, 0) is 0 Å². The fourth-order valence-electron chi connectivity index (χ4n) is 5.14. The summed E-state index contributed by atoms with van der Waals surface area (Å²) in [6, 6.07) is 0.831. The van der Waals surface area contributed by atoms with Crippen LogP contribution in [0.5, 0.6) is 0 Å². The molecule has 2 bridgehead atoms. The maximum absolute atomic E-state index is 3.98. The number of hydrogen-bond donors (Lipinski definition) is 1. The molecule has 0 heterocycles. The molecule has 3 saturated carbocycles. The van der Waals surface area contributed by atoms with Gasteiger partial charge in [-0.05, 0) is 68.2 Å². The first-order valence-corrected chi connectivity index (χ1v) is 8.47. The summed E-state index contributed by atoms with van der Waals surface area (Å²) in [5, 5.41) is 3.98. The molecule has 1 N–H and O–H groups in total. The smallest absolute Gasteiger partial charge is 0.00978 e. The van der Waals surface area contributed by atoms with E-state index in [9.17, 15) is 0 Å². The molecule has 0 aliphatic heterocycles. The highest BCUT2D eigenvalue weighted by Crippen LogP contribution is 2.48. The molecule has 0 saturated heterocycles. The molecule has 0 aromatic carbocycles. The topological polar surface area (TPSA) is 12.0 Å². The lowest BCUT2D eigenvalue weighted by Gasteiger charge is -2.36. The zero-order valence-electron chi connectivity index (χ0n) is 12.3. The van der Waals surface area contributed by atoms with Gasteiger partial charge in [0.25, 0.3) is 0 Å². The molecule has 3 fully saturated rings. The molecule has 104 valence electrons. The van der Waals surface area contributed by atoms with Gasteiger partial charge in [-0.1, -0.05) is 33.1 Å². The lowest BCUT2D eigenvalue weighted by Crippen LogP contribution is -2.43. The van der Waals surface area contributed by atoms with Crippen LogP contribution >= 0.6 is 0 Å². The summed E-state index contributed by atoms with van der Waals surface area (Å²) in [6.45, 7) is 6.17. The van der Waals surface area contributed by atoms with Gasteiger partial charge in [-0.3, -0.25) is 0 Å². The Kier molecular flexibility index (Phi) is 3.98. The van der Waals surface area contributed by atoms with Gasteiger partial charge in [0.05, 0.1) is 0 Å². The molecule has 0 radical (unpaired) electrons. The predicted octanol–water partition coefficient (Wildman–Crippen LogP) is 4.23. The zero-order valence-corrected chi connectivity index (χ0v) is 12.3. The molecular formula is C17H31N. The summed E-state index contributed by atoms with van der Waals surface area (Å²) in [5.74, 6) is 5.02. The Morgan fingerprint density at radius 1 is 1.00 bits per heavy atom. The second kappa shape index (κ2) is 5.53. The highest BCUT2D eigenvalue weighted by Gasteiger charge is 2.39. The average Bonchev–Trinajstić information content (AvgIpc) is 2.98. The molecule has 1 heteroatoms. The molecule has 0 aromatic rings. The van der Waals surface area contributed by atoms with Crippen molar-refractivity contribution in [1.29, 1.82) is 0 Å². The van der Waals surface area contributed by atoms with Crippen molar-refractivity contribution in [3.63, 3.8) is 0 Å². The van der Waals surface area contributed by atoms with E-state index in [-0.39, 0.29) is 0 Å². The highest BCUT2D eigenvalue weighted by molar-refractivity contribution is 4.92. The van der Waals surface area contributed by atoms with Crippen LogP contribution in [0.25, 0.3) is 0 Å². The van der Waals surface area contributed by atoms with Crippen LogP contribution in [0, 0.1) is 29.6 Å². The van der Waals surface area contributed by atoms with Gasteiger partial charge in [-0.25, -0.2) is 0 Å². The van der Waals surface area contributed by atoms with Crippen molar-refractivity contribution in [3.8, 4) is 0 Å². The molecule has 3 aliphatic rings. The van der Waals surface area contributed by atoms with E-state index >= 15 is 0 Å². The van der Waals surface area contributed by atoms with Gasteiger partial charge < -0.3 is 5.32 Å². The molecular weight excluding hydrogens is 218 g/mol. The summed E-state index contributed by atoms with van der Waals surface area (Å²) in [5.41, 5.74) is 0. The van der Waals surface area contributed by atoms with E-state index in [2.05, 4.69) is 19.2 Å². The van der Waals surface area contributed by atoms with E-state index in [1.807, 2.05) is 0 Å². The number of rotatable bonds is 4. The second-order valence-corrected chi connectivity index (χ2v) is 7.64. The Morgan fingerprint density at radius 2 is 1.83 bits per heavy atom. The van der Waals surface area contributed by atoms with Crippen LogP contribution in [-0.4, -0.2) is 12.6 Å². The SMILES string of the molecule is CC(C)C1CCCCC1NCC1CC2CCC1C2. The maximum atomic E-state index is 3.98. The third-order valence-electron chi connectivity index (χ3n) is 6.20. The average molecular weight is 249 g/mol. The Labute approximate surface area is 113 Å². The minimum absolute atomic E-state index is 0.831. The van der Waals surface area contributed by atoms with Gasteiger partial charge in [0.15, 0.2) is 0 Å². The first kappa shape index (κ1) is 13.0. The summed E-state index contributed by atoms with van der Waals surface area (Å²) in [7, 11) is 0. The van der Waals surface area contributed by atoms with Crippen LogP contribution in [0.15, 0.2) is 0 Å². The van der Waals surface area contributed by atoms with Crippen LogP contribution in [0.1, 0.15) is 65.2 Å². The largest absolute Gasteiger partial charge is 0.313 e. The molecule has 18 heavy (non-hydrogen) atoms. The Morgan fingerprint density at radius 3 is 2.50 bits per heavy atom. The predicted molar refractivity (Wildman–Crippen MR) is 77.5 cm³/mol. The monoisotopic (exact) mass is 249 g/mol. The lowest BCUT2D eigenvalue weighted by molar-refractivity contribution is 0.190. The van der Waals surface area contributed by atoms with Gasteiger partial charge in [-0.15, -0.1) is 0 Å². The zero-order chi connectivity index (χ0) is 12.5. The van der Waals surface area contributed by atoms with Crippen molar-refractivity contribution in [2.45, 2.75) is 71.3 Å². The summed E-state index contributed by atoms with van der Waals surface area (Å²) in [6.07, 6.45) is 12.0. The van der Waals surface area contributed by atoms with Crippen LogP contribution < -0.4 is 5.32 Å². The molecule has 3 aliphatic carbocycles. The normalized spacial score (nSPS) is 43.8. The second-order valence-electron chi connectivity index (χ2n) is 7.64. The fraction of sp³-hybridized carbons (Fsp3) is 1.00. The Balaban J connectivity index is 1.49. The van der Waals surface area contributed by atoms with Crippen molar-refractivity contribution in [3.05, 3.63) is 0 Å². The first-order chi connectivity index (χ1) is 8.74. The Hall–Kier alpha value is -0.0400. The van der Waals surface area contributed by atoms with Gasteiger partial charge in [0.1, 0.15) is 0 Å². The van der Waals surface area contributed by atoms with Crippen LogP contribution in [0.3, 0.4) is 0 Å². The van der Waals surface area contributed by atoms with E-state index in [0.717, 1.165) is 35.6 Å². The van der Waals surface area contributed by atoms with E-state index in [0.29, 0.717) is 0 Å². The van der Waals surface area contributed by atoms with Gasteiger partial charge >= 0.3 is 0 Å². The van der Waals surface area contributed by atoms with Crippen molar-refractivity contribution in [2.75, 3.05) is 6.54 Å². The van der Waals surface area contributed by atoms with E-state index < -0.39 is 0 Å². The number of nitrogens with one attached hydrogen (secondary N) is 1. The van der Waals surface area contributed by atoms with Crippen molar-refractivity contribution in [2.24, 2.45) is 29.6 Å². The van der Waals surface area contributed by atoms with Gasteiger partial charge in [0, 0.05) is 6.04 Å². The highest BCUT2D eigenvalue weighted by atomic mass is 14.9. The molecule has 0 spiro atoms. The summed E-state index contributed by atoms with van der Waals surface area (Å²) >= 11 is 0. The lowest BCUT2D eigenvalue weighted by atomic mass is 9.77. The molecule has 3 rings (SSSR count). The van der Waals surface area contributed by atoms with Crippen LogP contribution in [0.4, 0.5) is 0 Å². The summed E-state index contributed by atoms with van der Waals surface area (Å²) < 4.78 is 0. The van der Waals surface area contributed by atoms with Crippen molar-refractivity contribution >= 4 is 0 Å². The van der Waals surface area contributed by atoms with Gasteiger partial charge in [0.2, 0.25) is 0 Å². The minimum atomic E-state index is 0.831. The van der Waals surface area contributed by atoms with E-state index in [1.165, 1.54) is 45.1 Å². The number of hydrogen-bond acceptors (Lipinski definition) is 1. The molecule has 5 atom stereocenters. The van der Waals surface area contributed by atoms with E-state index in [1.54, 1.807) is 12.8 Å². The third-order valence-corrected chi connectivity index (χ3v) is 6.20. The minimum Gasteiger partial charge on any atom is -0.313 e. The van der Waals surface area contributed by atoms with Crippen molar-refractivity contribution < 1.29 is 0 Å². The Bertz CT molecular complexity index is 273. The van der Waals surface area contributed by atoms with Crippen molar-refractivity contribution in [1.82, 2.24) is 5.32 Å². The number of fused-ring (bicyclic) bond motifs is 2. The molecule has 0 aromatic heterocycles. The summed E-state index contributed by atoms with van der Waals surface area (Å²) in [4.78, 5) is 0. The molecule has 1 nitrogen and oxygen atoms in total. The maximum Gasteiger partial charge on any atom is 0.00978 e. The first-order valence-electron chi connectivity index (χ1n) is 8.47.